The predicted octanol–water partition coefficient (Wildman–Crippen LogP) is 3.56. The molecule has 5 aliphatic rings. The van der Waals surface area contributed by atoms with Crippen molar-refractivity contribution in [2.45, 2.75) is 13.0 Å². The minimum absolute atomic E-state index is 0.0211. The maximum absolute atomic E-state index is 13.1. The Kier molecular flexibility index (Phi) is 4.43. The number of nitro groups is 1. The fourth-order valence-electron chi connectivity index (χ4n) is 5.77. The molecule has 3 fully saturated rings. The summed E-state index contributed by atoms with van der Waals surface area (Å²) in [4.78, 5) is 36.5. The maximum Gasteiger partial charge on any atom is 0.269 e. The molecule has 2 aromatic carbocycles. The number of carbonyl (C=O) groups excluding carboxylic acids is 2. The van der Waals surface area contributed by atoms with E-state index in [9.17, 15) is 19.7 Å². The van der Waals surface area contributed by atoms with Crippen molar-refractivity contribution >= 4 is 23.7 Å². The first-order valence-electron chi connectivity index (χ1n) is 11.1. The second-order valence-electron chi connectivity index (χ2n) is 9.14. The lowest BCUT2D eigenvalue weighted by molar-refractivity contribution is -0.384. The molecule has 8 heteroatoms. The summed E-state index contributed by atoms with van der Waals surface area (Å²) in [6, 6.07) is 13.4. The van der Waals surface area contributed by atoms with Crippen molar-refractivity contribution in [3.05, 3.63) is 81.9 Å². The highest BCUT2D eigenvalue weighted by Crippen LogP contribution is 2.65. The topological polar surface area (TPSA) is 102 Å². The van der Waals surface area contributed by atoms with E-state index in [4.69, 9.17) is 4.74 Å². The van der Waals surface area contributed by atoms with E-state index in [1.807, 2.05) is 12.1 Å². The summed E-state index contributed by atoms with van der Waals surface area (Å²) in [6.07, 6.45) is 6.90. The number of nitrogens with zero attached hydrogens (tertiary/aromatic N) is 3. The third kappa shape index (κ3) is 3.16. The minimum atomic E-state index is -0.446. The maximum atomic E-state index is 13.1. The Labute approximate surface area is 189 Å². The van der Waals surface area contributed by atoms with Crippen LogP contribution in [0.1, 0.15) is 17.5 Å². The second kappa shape index (κ2) is 7.37. The van der Waals surface area contributed by atoms with Gasteiger partial charge in [0.25, 0.3) is 17.5 Å². The smallest absolute Gasteiger partial charge is 0.269 e. The summed E-state index contributed by atoms with van der Waals surface area (Å²) in [5.41, 5.74) is 1.44. The van der Waals surface area contributed by atoms with Gasteiger partial charge in [0.05, 0.1) is 23.0 Å². The number of carbonyl (C=O) groups is 2. The van der Waals surface area contributed by atoms with E-state index in [0.717, 1.165) is 17.0 Å². The Morgan fingerprint density at radius 3 is 2.27 bits per heavy atom. The van der Waals surface area contributed by atoms with Crippen LogP contribution in [0.3, 0.4) is 0 Å². The average Bonchev–Trinajstić information content (AvgIpc) is 3.61. The first-order valence-corrected chi connectivity index (χ1v) is 11.1. The van der Waals surface area contributed by atoms with Gasteiger partial charge in [0, 0.05) is 17.7 Å². The SMILES string of the molecule is O=C1[C@@H]2[C@H]3C=C[C@@H]([C@@H]4C[C@H]34)[C@H]2C(=O)N1/N=C\c1ccccc1OCc1ccc([N+](=O)[O-])cc1. The number of benzene rings is 2. The van der Waals surface area contributed by atoms with E-state index < -0.39 is 4.92 Å². The van der Waals surface area contributed by atoms with E-state index in [1.165, 1.54) is 18.3 Å². The highest BCUT2D eigenvalue weighted by atomic mass is 16.6. The second-order valence-corrected chi connectivity index (χ2v) is 9.14. The Hall–Kier alpha value is -3.81. The molecule has 8 nitrogen and oxygen atoms in total. The number of nitro benzene ring substituents is 1. The van der Waals surface area contributed by atoms with Crippen LogP contribution in [0.5, 0.6) is 5.75 Å². The Morgan fingerprint density at radius 1 is 1.00 bits per heavy atom. The summed E-state index contributed by atoms with van der Waals surface area (Å²) in [7, 11) is 0. The summed E-state index contributed by atoms with van der Waals surface area (Å²) < 4.78 is 5.89. The molecular formula is C25H21N3O5. The normalized spacial score (nSPS) is 31.1. The summed E-state index contributed by atoms with van der Waals surface area (Å²) in [6.45, 7) is 0.215. The molecule has 2 saturated carbocycles. The van der Waals surface area contributed by atoms with Crippen molar-refractivity contribution in [2.24, 2.45) is 40.6 Å². The average molecular weight is 443 g/mol. The van der Waals surface area contributed by atoms with Gasteiger partial charge in [0.1, 0.15) is 12.4 Å². The molecule has 0 spiro atoms. The molecule has 1 heterocycles. The molecule has 4 aliphatic carbocycles. The summed E-state index contributed by atoms with van der Waals surface area (Å²) >= 11 is 0. The van der Waals surface area contributed by atoms with Gasteiger partial charge in [-0.05, 0) is 59.9 Å². The first kappa shape index (κ1) is 19.8. The Morgan fingerprint density at radius 2 is 1.64 bits per heavy atom. The first-order chi connectivity index (χ1) is 16.0. The number of allylic oxidation sites excluding steroid dienone is 2. The third-order valence-corrected chi connectivity index (χ3v) is 7.41. The van der Waals surface area contributed by atoms with E-state index >= 15 is 0 Å². The van der Waals surface area contributed by atoms with Gasteiger partial charge in [-0.15, -0.1) is 0 Å². The van der Waals surface area contributed by atoms with Crippen LogP contribution < -0.4 is 4.74 Å². The van der Waals surface area contributed by atoms with Crippen LogP contribution in [-0.2, 0) is 16.2 Å². The van der Waals surface area contributed by atoms with Crippen molar-refractivity contribution in [1.29, 1.82) is 0 Å². The van der Waals surface area contributed by atoms with Gasteiger partial charge in [-0.25, -0.2) is 0 Å². The fourth-order valence-corrected chi connectivity index (χ4v) is 5.77. The number of ether oxygens (including phenoxy) is 1. The van der Waals surface area contributed by atoms with Crippen LogP contribution in [0.25, 0.3) is 0 Å². The zero-order valence-corrected chi connectivity index (χ0v) is 17.6. The molecule has 33 heavy (non-hydrogen) atoms. The number of rotatable bonds is 6. The Bertz CT molecular complexity index is 1180. The molecule has 6 atom stereocenters. The molecule has 0 unspecified atom stereocenters. The van der Waals surface area contributed by atoms with Gasteiger partial charge < -0.3 is 4.74 Å². The predicted molar refractivity (Wildman–Crippen MR) is 118 cm³/mol. The number of non-ortho nitro benzene ring substituents is 1. The monoisotopic (exact) mass is 443 g/mol. The van der Waals surface area contributed by atoms with E-state index in [-0.39, 0.29) is 47.8 Å². The summed E-state index contributed by atoms with van der Waals surface area (Å²) in [5, 5.41) is 16.2. The largest absolute Gasteiger partial charge is 0.488 e. The molecule has 166 valence electrons. The lowest BCUT2D eigenvalue weighted by Crippen LogP contribution is -2.40. The quantitative estimate of drug-likeness (QED) is 0.223. The van der Waals surface area contributed by atoms with Crippen LogP contribution in [0, 0.1) is 45.6 Å². The van der Waals surface area contributed by atoms with Crippen molar-refractivity contribution in [1.82, 2.24) is 5.01 Å². The van der Waals surface area contributed by atoms with Crippen molar-refractivity contribution in [3.8, 4) is 5.75 Å². The minimum Gasteiger partial charge on any atom is -0.488 e. The van der Waals surface area contributed by atoms with Crippen LogP contribution in [0.15, 0.2) is 65.8 Å². The van der Waals surface area contributed by atoms with Gasteiger partial charge in [-0.3, -0.25) is 19.7 Å². The molecule has 7 rings (SSSR count). The van der Waals surface area contributed by atoms with Crippen molar-refractivity contribution in [3.63, 3.8) is 0 Å². The molecule has 0 aromatic heterocycles. The number of para-hydroxylation sites is 1. The lowest BCUT2D eigenvalue weighted by atomic mass is 9.63. The fraction of sp³-hybridized carbons (Fsp3) is 0.320. The highest BCUT2D eigenvalue weighted by molar-refractivity contribution is 6.06. The van der Waals surface area contributed by atoms with Crippen molar-refractivity contribution in [2.75, 3.05) is 0 Å². The van der Waals surface area contributed by atoms with Gasteiger partial charge in [-0.2, -0.15) is 10.1 Å². The highest BCUT2D eigenvalue weighted by Gasteiger charge is 2.67. The van der Waals surface area contributed by atoms with Crippen LogP contribution >= 0.6 is 0 Å². The van der Waals surface area contributed by atoms with E-state index in [0.29, 0.717) is 23.1 Å². The molecular weight excluding hydrogens is 422 g/mol. The molecule has 1 aliphatic heterocycles. The van der Waals surface area contributed by atoms with Gasteiger partial charge in [0.2, 0.25) is 0 Å². The number of hydrogen-bond acceptors (Lipinski definition) is 6. The summed E-state index contributed by atoms with van der Waals surface area (Å²) in [5.74, 6) is 1.03. The third-order valence-electron chi connectivity index (χ3n) is 7.41. The number of hydrazone groups is 1. The standard InChI is InChI=1S/C25H21N3O5/c29-24-22-17-9-10-18(20-11-19(17)20)23(22)25(30)27(24)26-12-15-3-1-2-4-21(15)33-13-14-5-7-16(8-6-14)28(31)32/h1-10,12,17-20,22-23H,11,13H2/b26-12-/t17-,18-,19-,20+,22+,23+/m0/s1. The number of amides is 2. The molecule has 1 saturated heterocycles. The molecule has 0 radical (unpaired) electrons. The zero-order valence-electron chi connectivity index (χ0n) is 17.6. The molecule has 2 amide bonds. The van der Waals surface area contributed by atoms with Crippen molar-refractivity contribution < 1.29 is 19.2 Å². The van der Waals surface area contributed by atoms with Gasteiger partial charge in [-0.1, -0.05) is 24.3 Å². The molecule has 2 bridgehead atoms. The lowest BCUT2D eigenvalue weighted by Gasteiger charge is -2.37. The van der Waals surface area contributed by atoms with Gasteiger partial charge >= 0.3 is 0 Å². The van der Waals surface area contributed by atoms with Crippen LogP contribution in [0.2, 0.25) is 0 Å². The van der Waals surface area contributed by atoms with E-state index in [1.54, 1.807) is 24.3 Å². The Balaban J connectivity index is 1.18. The molecule has 2 aromatic rings. The zero-order chi connectivity index (χ0) is 22.7. The van der Waals surface area contributed by atoms with Crippen LogP contribution in [0.4, 0.5) is 5.69 Å². The number of imide groups is 1. The number of hydrogen-bond donors (Lipinski definition) is 0. The molecule has 0 N–H and O–H groups in total. The van der Waals surface area contributed by atoms with Crippen LogP contribution in [-0.4, -0.2) is 28.0 Å². The van der Waals surface area contributed by atoms with E-state index in [2.05, 4.69) is 17.3 Å². The van der Waals surface area contributed by atoms with Gasteiger partial charge in [0.15, 0.2) is 0 Å².